The number of hydrogen-bond donors (Lipinski definition) is 1. The molecule has 1 amide bonds. The maximum Gasteiger partial charge on any atom is 0.238 e. The van der Waals surface area contributed by atoms with Crippen molar-refractivity contribution in [1.82, 2.24) is 4.90 Å². The van der Waals surface area contributed by atoms with Gasteiger partial charge in [0.25, 0.3) is 0 Å². The topological polar surface area (TPSA) is 75.7 Å². The fraction of sp³-hybridized carbons (Fsp3) is 0.533. The number of nitrogens with one attached hydrogen (secondary N) is 1. The van der Waals surface area contributed by atoms with Gasteiger partial charge >= 0.3 is 0 Å². The van der Waals surface area contributed by atoms with Gasteiger partial charge in [-0.05, 0) is 24.6 Å². The molecular weight excluding hydrogens is 359 g/mol. The summed E-state index contributed by atoms with van der Waals surface area (Å²) in [7, 11) is -3.20. The van der Waals surface area contributed by atoms with Crippen LogP contribution in [-0.4, -0.2) is 62.6 Å². The molecule has 0 aromatic heterocycles. The smallest absolute Gasteiger partial charge is 0.238 e. The van der Waals surface area contributed by atoms with Crippen LogP contribution in [0, 0.1) is 5.82 Å². The van der Waals surface area contributed by atoms with Gasteiger partial charge in [-0.25, -0.2) is 12.8 Å². The Bertz CT molecular complexity index is 743. The van der Waals surface area contributed by atoms with E-state index >= 15 is 0 Å². The standard InChI is InChI=1S/C15H18ClFN2O4S/c16-10-1-2-11(17)12(7-10)18-15(20)8-19-4-6-24(21,22)14-9-23-5-3-13(14)19/h1-2,7,13-14H,3-6,8-9H2,(H,18,20)/t13-,14+/m0/s1. The number of hydrogen-bond acceptors (Lipinski definition) is 5. The zero-order valence-corrected chi connectivity index (χ0v) is 14.4. The molecule has 2 fully saturated rings. The highest BCUT2D eigenvalue weighted by Gasteiger charge is 2.43. The maximum absolute atomic E-state index is 13.7. The van der Waals surface area contributed by atoms with Gasteiger partial charge in [-0.15, -0.1) is 0 Å². The molecule has 0 radical (unpaired) electrons. The number of amides is 1. The van der Waals surface area contributed by atoms with Crippen molar-refractivity contribution >= 4 is 33.0 Å². The quantitative estimate of drug-likeness (QED) is 0.860. The van der Waals surface area contributed by atoms with Gasteiger partial charge in [0.15, 0.2) is 9.84 Å². The first-order valence-corrected chi connectivity index (χ1v) is 9.74. The van der Waals surface area contributed by atoms with Crippen LogP contribution in [0.3, 0.4) is 0 Å². The van der Waals surface area contributed by atoms with Crippen molar-refractivity contribution in [2.24, 2.45) is 0 Å². The van der Waals surface area contributed by atoms with Gasteiger partial charge in [-0.2, -0.15) is 0 Å². The third-order valence-corrected chi connectivity index (χ3v) is 6.77. The molecule has 0 spiro atoms. The van der Waals surface area contributed by atoms with Crippen molar-refractivity contribution in [3.05, 3.63) is 29.0 Å². The fourth-order valence-corrected chi connectivity index (χ4v) is 5.24. The minimum atomic E-state index is -3.20. The van der Waals surface area contributed by atoms with Crippen LogP contribution in [0.2, 0.25) is 5.02 Å². The van der Waals surface area contributed by atoms with Gasteiger partial charge in [0.2, 0.25) is 5.91 Å². The molecular formula is C15H18ClFN2O4S. The molecule has 2 heterocycles. The first-order valence-electron chi connectivity index (χ1n) is 7.65. The Hall–Kier alpha value is -1.22. The minimum absolute atomic E-state index is 0.00262. The number of ether oxygens (including phenoxy) is 1. The Labute approximate surface area is 144 Å². The molecule has 0 saturated carbocycles. The second kappa shape index (κ2) is 6.95. The molecule has 1 aromatic carbocycles. The molecule has 0 aliphatic carbocycles. The lowest BCUT2D eigenvalue weighted by atomic mass is 10.1. The van der Waals surface area contributed by atoms with Gasteiger partial charge in [0.05, 0.1) is 24.6 Å². The minimum Gasteiger partial charge on any atom is -0.380 e. The highest BCUT2D eigenvalue weighted by atomic mass is 35.5. The van der Waals surface area contributed by atoms with Gasteiger partial charge in [0.1, 0.15) is 11.1 Å². The molecule has 3 rings (SSSR count). The Morgan fingerprint density at radius 3 is 3.04 bits per heavy atom. The van der Waals surface area contributed by atoms with Crippen LogP contribution in [0.5, 0.6) is 0 Å². The van der Waals surface area contributed by atoms with Crippen molar-refractivity contribution in [2.45, 2.75) is 17.7 Å². The summed E-state index contributed by atoms with van der Waals surface area (Å²) in [5.74, 6) is -0.977. The van der Waals surface area contributed by atoms with Gasteiger partial charge in [0, 0.05) is 24.2 Å². The van der Waals surface area contributed by atoms with Crippen LogP contribution in [0.25, 0.3) is 0 Å². The average Bonchev–Trinajstić information content (AvgIpc) is 2.54. The normalized spacial score (nSPS) is 26.6. The summed E-state index contributed by atoms with van der Waals surface area (Å²) in [6, 6.07) is 3.67. The largest absolute Gasteiger partial charge is 0.380 e. The zero-order chi connectivity index (χ0) is 17.3. The van der Waals surface area contributed by atoms with E-state index in [2.05, 4.69) is 5.32 Å². The third-order valence-electron chi connectivity index (χ3n) is 4.41. The Kier molecular flexibility index (Phi) is 5.10. The summed E-state index contributed by atoms with van der Waals surface area (Å²) in [5.41, 5.74) is 0.0145. The van der Waals surface area contributed by atoms with Crippen molar-refractivity contribution < 1.29 is 22.3 Å². The molecule has 0 unspecified atom stereocenters. The lowest BCUT2D eigenvalue weighted by molar-refractivity contribution is -0.118. The van der Waals surface area contributed by atoms with Crippen molar-refractivity contribution in [3.8, 4) is 0 Å². The number of anilines is 1. The Morgan fingerprint density at radius 1 is 1.46 bits per heavy atom. The monoisotopic (exact) mass is 376 g/mol. The average molecular weight is 377 g/mol. The Morgan fingerprint density at radius 2 is 2.25 bits per heavy atom. The van der Waals surface area contributed by atoms with E-state index < -0.39 is 26.8 Å². The molecule has 1 N–H and O–H groups in total. The lowest BCUT2D eigenvalue weighted by Gasteiger charge is -2.42. The molecule has 2 atom stereocenters. The van der Waals surface area contributed by atoms with Crippen LogP contribution in [0.1, 0.15) is 6.42 Å². The zero-order valence-electron chi connectivity index (χ0n) is 12.9. The summed E-state index contributed by atoms with van der Waals surface area (Å²) in [6.07, 6.45) is 0.558. The summed E-state index contributed by atoms with van der Waals surface area (Å²) < 4.78 is 43.3. The van der Waals surface area contributed by atoms with E-state index in [4.69, 9.17) is 16.3 Å². The molecule has 2 saturated heterocycles. The fourth-order valence-electron chi connectivity index (χ4n) is 3.19. The second-order valence-electron chi connectivity index (χ2n) is 5.98. The molecule has 2 aliphatic heterocycles. The number of carbonyl (C=O) groups is 1. The SMILES string of the molecule is O=C(CN1CCS(=O)(=O)[C@@H]2COCC[C@@H]21)Nc1cc(Cl)ccc1F. The van der Waals surface area contributed by atoms with E-state index in [1.54, 1.807) is 0 Å². The predicted molar refractivity (Wildman–Crippen MR) is 88.4 cm³/mol. The van der Waals surface area contributed by atoms with E-state index in [9.17, 15) is 17.6 Å². The van der Waals surface area contributed by atoms with E-state index in [-0.39, 0.29) is 37.2 Å². The lowest BCUT2D eigenvalue weighted by Crippen LogP contribution is -2.59. The molecule has 1 aromatic rings. The second-order valence-corrected chi connectivity index (χ2v) is 8.76. The van der Waals surface area contributed by atoms with Crippen LogP contribution < -0.4 is 5.32 Å². The number of fused-ring (bicyclic) bond motifs is 1. The third kappa shape index (κ3) is 3.72. The number of rotatable bonds is 3. The Balaban J connectivity index is 1.69. The van der Waals surface area contributed by atoms with E-state index in [0.29, 0.717) is 18.1 Å². The summed E-state index contributed by atoms with van der Waals surface area (Å²) in [5, 5.41) is 2.21. The number of benzene rings is 1. The summed E-state index contributed by atoms with van der Waals surface area (Å²) >= 11 is 5.81. The highest BCUT2D eigenvalue weighted by molar-refractivity contribution is 7.92. The predicted octanol–water partition coefficient (Wildman–Crippen LogP) is 1.31. The van der Waals surface area contributed by atoms with Crippen LogP contribution in [0.4, 0.5) is 10.1 Å². The van der Waals surface area contributed by atoms with Gasteiger partial charge in [-0.3, -0.25) is 9.69 Å². The van der Waals surface area contributed by atoms with Crippen LogP contribution >= 0.6 is 11.6 Å². The van der Waals surface area contributed by atoms with E-state index in [1.807, 2.05) is 4.90 Å². The van der Waals surface area contributed by atoms with Gasteiger partial charge in [-0.1, -0.05) is 11.6 Å². The van der Waals surface area contributed by atoms with Crippen LogP contribution in [0.15, 0.2) is 18.2 Å². The van der Waals surface area contributed by atoms with E-state index in [0.717, 1.165) is 0 Å². The van der Waals surface area contributed by atoms with Crippen molar-refractivity contribution in [3.63, 3.8) is 0 Å². The summed E-state index contributed by atoms with van der Waals surface area (Å²) in [6.45, 7) is 0.920. The molecule has 9 heteroatoms. The first-order chi connectivity index (χ1) is 11.4. The number of sulfone groups is 1. The maximum atomic E-state index is 13.7. The van der Waals surface area contributed by atoms with Crippen molar-refractivity contribution in [1.29, 1.82) is 0 Å². The highest BCUT2D eigenvalue weighted by Crippen LogP contribution is 2.26. The first kappa shape index (κ1) is 17.6. The molecule has 2 aliphatic rings. The summed E-state index contributed by atoms with van der Waals surface area (Å²) in [4.78, 5) is 14.1. The van der Waals surface area contributed by atoms with Crippen molar-refractivity contribution in [2.75, 3.05) is 37.4 Å². The molecule has 0 bridgehead atoms. The van der Waals surface area contributed by atoms with Gasteiger partial charge < -0.3 is 10.1 Å². The number of halogens is 2. The van der Waals surface area contributed by atoms with Crippen LogP contribution in [-0.2, 0) is 19.4 Å². The molecule has 6 nitrogen and oxygen atoms in total. The molecule has 24 heavy (non-hydrogen) atoms. The number of carbonyl (C=O) groups excluding carboxylic acids is 1. The van der Waals surface area contributed by atoms with E-state index in [1.165, 1.54) is 18.2 Å². The number of nitrogens with zero attached hydrogens (tertiary/aromatic N) is 1. The molecule has 132 valence electrons.